The van der Waals surface area contributed by atoms with Crippen LogP contribution in [-0.2, 0) is 14.9 Å². The Balaban J connectivity index is 0.00000256. The molecule has 1 aromatic carbocycles. The van der Waals surface area contributed by atoms with Crippen molar-refractivity contribution < 1.29 is 52.0 Å². The van der Waals surface area contributed by atoms with Gasteiger partial charge in [-0.25, -0.2) is 8.42 Å². The summed E-state index contributed by atoms with van der Waals surface area (Å²) in [5.41, 5.74) is 0. The van der Waals surface area contributed by atoms with Gasteiger partial charge in [-0.1, -0.05) is 17.7 Å². The molecule has 0 aliphatic carbocycles. The Morgan fingerprint density at radius 3 is 2.53 bits per heavy atom. The van der Waals surface area contributed by atoms with E-state index >= 15 is 0 Å². The number of hydrogen-bond donors (Lipinski definition) is 0. The normalized spacial score (nSPS) is 10.8. The molecular formula is C9H10ClNaO5S. The zero-order chi connectivity index (χ0) is 12.2. The van der Waals surface area contributed by atoms with Crippen molar-refractivity contribution in [2.24, 2.45) is 0 Å². The van der Waals surface area contributed by atoms with Gasteiger partial charge in [0.15, 0.2) is 5.75 Å². The van der Waals surface area contributed by atoms with E-state index in [2.05, 4.69) is 0 Å². The van der Waals surface area contributed by atoms with Crippen LogP contribution in [-0.4, -0.2) is 33.3 Å². The third kappa shape index (κ3) is 5.13. The van der Waals surface area contributed by atoms with Crippen molar-refractivity contribution in [3.05, 3.63) is 23.2 Å². The van der Waals surface area contributed by atoms with Gasteiger partial charge in [0.05, 0.1) is 16.5 Å². The number of ether oxygens (including phenoxy) is 2. The minimum Gasteiger partial charge on any atom is -0.744 e. The number of benzene rings is 1. The van der Waals surface area contributed by atoms with Gasteiger partial charge in [-0.3, -0.25) is 0 Å². The van der Waals surface area contributed by atoms with E-state index in [1.54, 1.807) is 0 Å². The van der Waals surface area contributed by atoms with Gasteiger partial charge in [0, 0.05) is 7.11 Å². The number of methoxy groups -OCH3 is 1. The van der Waals surface area contributed by atoms with Crippen LogP contribution in [0.2, 0.25) is 5.02 Å². The molecule has 0 atom stereocenters. The first kappa shape index (κ1) is 17.2. The molecule has 1 rings (SSSR count). The first-order valence-electron chi connectivity index (χ1n) is 4.33. The molecule has 5 nitrogen and oxygen atoms in total. The summed E-state index contributed by atoms with van der Waals surface area (Å²) in [5.74, 6) is -0.129. The first-order chi connectivity index (χ1) is 7.46. The summed E-state index contributed by atoms with van der Waals surface area (Å²) < 4.78 is 42.6. The van der Waals surface area contributed by atoms with Crippen LogP contribution in [0.1, 0.15) is 0 Å². The summed E-state index contributed by atoms with van der Waals surface area (Å²) in [6.07, 6.45) is 0. The van der Waals surface area contributed by atoms with Crippen LogP contribution >= 0.6 is 11.6 Å². The van der Waals surface area contributed by atoms with E-state index in [9.17, 15) is 13.0 Å². The maximum absolute atomic E-state index is 10.9. The van der Waals surface area contributed by atoms with Gasteiger partial charge >= 0.3 is 29.6 Å². The minimum absolute atomic E-state index is 0. The third-order valence-corrected chi connectivity index (χ3v) is 2.89. The van der Waals surface area contributed by atoms with Gasteiger partial charge in [0.1, 0.15) is 16.7 Å². The fourth-order valence-corrected chi connectivity index (χ4v) is 1.98. The molecule has 0 bridgehead atoms. The van der Waals surface area contributed by atoms with E-state index in [4.69, 9.17) is 21.1 Å². The second-order valence-corrected chi connectivity index (χ2v) is 4.62. The Labute approximate surface area is 127 Å². The number of para-hydroxylation sites is 1. The molecule has 1 aromatic rings. The summed E-state index contributed by atoms with van der Waals surface area (Å²) in [7, 11) is -3.12. The predicted molar refractivity (Wildman–Crippen MR) is 56.8 cm³/mol. The average Bonchev–Trinajstić information content (AvgIpc) is 2.19. The van der Waals surface area contributed by atoms with E-state index in [0.717, 1.165) is 6.07 Å². The Hall–Kier alpha value is 0.180. The summed E-state index contributed by atoms with van der Waals surface area (Å²) in [5, 5.41) is 0.0769. The van der Waals surface area contributed by atoms with Gasteiger partial charge in [-0.2, -0.15) is 0 Å². The molecule has 0 aliphatic rings. The molecule has 0 saturated carbocycles. The first-order valence-corrected chi connectivity index (χ1v) is 6.11. The molecular weight excluding hydrogens is 279 g/mol. The average molecular weight is 289 g/mol. The van der Waals surface area contributed by atoms with E-state index < -0.39 is 15.0 Å². The maximum Gasteiger partial charge on any atom is 1.00 e. The smallest absolute Gasteiger partial charge is 0.744 e. The molecule has 0 radical (unpaired) electrons. The molecule has 0 heterocycles. The van der Waals surface area contributed by atoms with Crippen LogP contribution in [0.25, 0.3) is 0 Å². The molecule has 0 saturated heterocycles. The molecule has 17 heavy (non-hydrogen) atoms. The maximum atomic E-state index is 10.9. The van der Waals surface area contributed by atoms with Crippen molar-refractivity contribution in [3.8, 4) is 5.75 Å². The summed E-state index contributed by atoms with van der Waals surface area (Å²) in [6, 6.07) is 3.96. The molecule has 0 fully saturated rings. The summed E-state index contributed by atoms with van der Waals surface area (Å²) in [4.78, 5) is -0.462. The number of rotatable bonds is 5. The second kappa shape index (κ2) is 7.58. The number of halogens is 1. The molecule has 90 valence electrons. The van der Waals surface area contributed by atoms with Crippen LogP contribution in [0, 0.1) is 0 Å². The zero-order valence-electron chi connectivity index (χ0n) is 9.47. The van der Waals surface area contributed by atoms with E-state index in [0.29, 0.717) is 0 Å². The van der Waals surface area contributed by atoms with Crippen LogP contribution in [0.3, 0.4) is 0 Å². The Bertz CT molecular complexity index is 462. The number of hydrogen-bond acceptors (Lipinski definition) is 5. The van der Waals surface area contributed by atoms with Gasteiger partial charge in [0.2, 0.25) is 0 Å². The van der Waals surface area contributed by atoms with Crippen molar-refractivity contribution in [1.29, 1.82) is 0 Å². The Morgan fingerprint density at radius 2 is 2.00 bits per heavy atom. The molecule has 0 spiro atoms. The van der Waals surface area contributed by atoms with Crippen LogP contribution < -0.4 is 34.3 Å². The molecule has 8 heteroatoms. The van der Waals surface area contributed by atoms with Crippen LogP contribution in [0.4, 0.5) is 0 Å². The molecule has 0 aliphatic heterocycles. The monoisotopic (exact) mass is 288 g/mol. The van der Waals surface area contributed by atoms with E-state index in [1.807, 2.05) is 0 Å². The van der Waals surface area contributed by atoms with Gasteiger partial charge in [0.25, 0.3) is 0 Å². The van der Waals surface area contributed by atoms with Crippen LogP contribution in [0.15, 0.2) is 23.1 Å². The second-order valence-electron chi connectivity index (χ2n) is 2.86. The van der Waals surface area contributed by atoms with Crippen molar-refractivity contribution in [2.75, 3.05) is 20.3 Å². The van der Waals surface area contributed by atoms with E-state index in [-0.39, 0.29) is 53.5 Å². The van der Waals surface area contributed by atoms with Crippen molar-refractivity contribution >= 4 is 21.7 Å². The van der Waals surface area contributed by atoms with E-state index in [1.165, 1.54) is 19.2 Å². The fourth-order valence-electron chi connectivity index (χ4n) is 1.05. The quantitative estimate of drug-likeness (QED) is 0.366. The molecule has 0 amide bonds. The molecule has 0 N–H and O–H groups in total. The Kier molecular flexibility index (Phi) is 7.66. The Morgan fingerprint density at radius 1 is 1.35 bits per heavy atom. The predicted octanol–water partition coefficient (Wildman–Crippen LogP) is -1.73. The third-order valence-electron chi connectivity index (χ3n) is 1.73. The molecule has 0 unspecified atom stereocenters. The standard InChI is InChI=1S/C9H11ClO5S.Na/c1-14-5-6-15-9-7(10)3-2-4-8(9)16(11,12)13;/h2-4H,5-6H2,1H3,(H,11,12,13);/q;+1/p-1. The van der Waals surface area contributed by atoms with Crippen LogP contribution in [0.5, 0.6) is 5.75 Å². The topological polar surface area (TPSA) is 75.7 Å². The van der Waals surface area contributed by atoms with Crippen molar-refractivity contribution in [2.45, 2.75) is 4.90 Å². The summed E-state index contributed by atoms with van der Waals surface area (Å²) >= 11 is 5.75. The zero-order valence-corrected chi connectivity index (χ0v) is 13.0. The van der Waals surface area contributed by atoms with Crippen molar-refractivity contribution in [3.63, 3.8) is 0 Å². The van der Waals surface area contributed by atoms with Gasteiger partial charge in [-0.15, -0.1) is 0 Å². The minimum atomic E-state index is -4.59. The SMILES string of the molecule is COCCOc1c(Cl)cccc1S(=O)(=O)[O-].[Na+]. The van der Waals surface area contributed by atoms with Crippen molar-refractivity contribution in [1.82, 2.24) is 0 Å². The fraction of sp³-hybridized carbons (Fsp3) is 0.333. The summed E-state index contributed by atoms with van der Waals surface area (Å²) in [6.45, 7) is 0.381. The largest absolute Gasteiger partial charge is 1.00 e. The van der Waals surface area contributed by atoms with Gasteiger partial charge < -0.3 is 14.0 Å². The van der Waals surface area contributed by atoms with Gasteiger partial charge in [-0.05, 0) is 12.1 Å². The molecule has 0 aromatic heterocycles.